The molecule has 0 amide bonds. The number of hydrogen-bond donors (Lipinski definition) is 1. The van der Waals surface area contributed by atoms with Gasteiger partial charge in [0.1, 0.15) is 0 Å². The predicted molar refractivity (Wildman–Crippen MR) is 57.0 cm³/mol. The van der Waals surface area contributed by atoms with E-state index < -0.39 is 0 Å². The molecule has 0 atom stereocenters. The lowest BCUT2D eigenvalue weighted by Crippen LogP contribution is -1.93. The van der Waals surface area contributed by atoms with E-state index in [1.54, 1.807) is 12.3 Å². The lowest BCUT2D eigenvalue weighted by Gasteiger charge is -2.07. The molecular weight excluding hydrogens is 192 g/mol. The first kappa shape index (κ1) is 8.35. The van der Waals surface area contributed by atoms with E-state index in [1.807, 2.05) is 13.0 Å². The summed E-state index contributed by atoms with van der Waals surface area (Å²) in [6, 6.07) is 3.70. The highest BCUT2D eigenvalue weighted by Gasteiger charge is 2.20. The average molecular weight is 202 g/mol. The Labute approximate surface area is 86.6 Å². The van der Waals surface area contributed by atoms with Gasteiger partial charge in [0, 0.05) is 12.3 Å². The number of nitrogen functional groups attached to an aromatic ring is 1. The number of aryl methyl sites for hydroxylation is 1. The van der Waals surface area contributed by atoms with E-state index in [0.29, 0.717) is 11.4 Å². The molecule has 1 aliphatic rings. The number of nitrogens with zero attached hydrogens (tertiary/aromatic N) is 1. The Morgan fingerprint density at radius 2 is 2.27 bits per heavy atom. The molecule has 1 aromatic heterocycles. The molecule has 1 aliphatic heterocycles. The number of fused-ring (bicyclic) bond motifs is 3. The van der Waals surface area contributed by atoms with Gasteiger partial charge >= 0.3 is 0 Å². The van der Waals surface area contributed by atoms with Crippen LogP contribution in [0, 0.1) is 6.92 Å². The number of nitrogens with two attached hydrogens (primary N) is 1. The van der Waals surface area contributed by atoms with E-state index in [-0.39, 0.29) is 6.79 Å². The monoisotopic (exact) mass is 202 g/mol. The average Bonchev–Trinajstić information content (AvgIpc) is 2.66. The fourth-order valence-electron chi connectivity index (χ4n) is 1.86. The Kier molecular flexibility index (Phi) is 1.54. The van der Waals surface area contributed by atoms with Crippen molar-refractivity contribution in [2.75, 3.05) is 12.5 Å². The van der Waals surface area contributed by atoms with Gasteiger partial charge in [0.25, 0.3) is 0 Å². The van der Waals surface area contributed by atoms with Crippen molar-refractivity contribution in [3.05, 3.63) is 23.9 Å². The van der Waals surface area contributed by atoms with Crippen LogP contribution in [0.3, 0.4) is 0 Å². The zero-order valence-electron chi connectivity index (χ0n) is 8.28. The van der Waals surface area contributed by atoms with Gasteiger partial charge in [0.2, 0.25) is 6.79 Å². The summed E-state index contributed by atoms with van der Waals surface area (Å²) in [4.78, 5) is 4.26. The minimum atomic E-state index is 0.252. The second-order valence-electron chi connectivity index (χ2n) is 3.55. The highest BCUT2D eigenvalue weighted by molar-refractivity contribution is 5.98. The molecule has 2 N–H and O–H groups in total. The van der Waals surface area contributed by atoms with Crippen LogP contribution in [0.1, 0.15) is 5.56 Å². The van der Waals surface area contributed by atoms with Gasteiger partial charge in [-0.25, -0.2) is 0 Å². The summed E-state index contributed by atoms with van der Waals surface area (Å²) < 4.78 is 10.7. The summed E-state index contributed by atoms with van der Waals surface area (Å²) in [5.41, 5.74) is 8.39. The Hall–Kier alpha value is -1.97. The summed E-state index contributed by atoms with van der Waals surface area (Å²) >= 11 is 0. The molecule has 0 saturated carbocycles. The highest BCUT2D eigenvalue weighted by Crippen LogP contribution is 2.42. The van der Waals surface area contributed by atoms with Crippen molar-refractivity contribution in [3.8, 4) is 11.5 Å². The summed E-state index contributed by atoms with van der Waals surface area (Å²) in [5, 5.41) is 0.949. The van der Waals surface area contributed by atoms with Gasteiger partial charge in [-0.15, -0.1) is 0 Å². The number of rotatable bonds is 0. The summed E-state index contributed by atoms with van der Waals surface area (Å²) in [6.45, 7) is 2.26. The standard InChI is InChI=1S/C11H10N2O2/c1-6-2-3-13-10-7(12)4-8-11(9(6)10)15-5-14-8/h2-4H,5,12H2,1H3. The molecule has 4 heteroatoms. The van der Waals surface area contributed by atoms with Crippen LogP contribution in [0.15, 0.2) is 18.3 Å². The third-order valence-corrected chi connectivity index (χ3v) is 2.59. The molecule has 0 fully saturated rings. The zero-order chi connectivity index (χ0) is 10.4. The minimum Gasteiger partial charge on any atom is -0.453 e. The van der Waals surface area contributed by atoms with Gasteiger partial charge in [-0.05, 0) is 18.6 Å². The fourth-order valence-corrected chi connectivity index (χ4v) is 1.86. The number of aromatic nitrogens is 1. The molecule has 1 aromatic carbocycles. The molecule has 0 bridgehead atoms. The molecule has 2 heterocycles. The molecule has 0 radical (unpaired) electrons. The quantitative estimate of drug-likeness (QED) is 0.662. The summed E-state index contributed by atoms with van der Waals surface area (Å²) in [5.74, 6) is 1.46. The maximum atomic E-state index is 5.90. The SMILES string of the molecule is Cc1ccnc2c(N)cc3c(c12)OCO3. The van der Waals surface area contributed by atoms with Crippen molar-refractivity contribution in [2.45, 2.75) is 6.92 Å². The third kappa shape index (κ3) is 1.05. The second kappa shape index (κ2) is 2.76. The number of ether oxygens (including phenoxy) is 2. The topological polar surface area (TPSA) is 57.4 Å². The largest absolute Gasteiger partial charge is 0.453 e. The van der Waals surface area contributed by atoms with E-state index in [1.165, 1.54) is 0 Å². The van der Waals surface area contributed by atoms with E-state index in [9.17, 15) is 0 Å². The lowest BCUT2D eigenvalue weighted by molar-refractivity contribution is 0.175. The molecule has 4 nitrogen and oxygen atoms in total. The van der Waals surface area contributed by atoms with Crippen LogP contribution >= 0.6 is 0 Å². The van der Waals surface area contributed by atoms with Crippen LogP contribution in [-0.2, 0) is 0 Å². The van der Waals surface area contributed by atoms with Crippen LogP contribution < -0.4 is 15.2 Å². The molecule has 2 aromatic rings. The zero-order valence-corrected chi connectivity index (χ0v) is 8.28. The maximum Gasteiger partial charge on any atom is 0.231 e. The molecule has 0 spiro atoms. The van der Waals surface area contributed by atoms with Crippen molar-refractivity contribution in [1.82, 2.24) is 4.98 Å². The van der Waals surface area contributed by atoms with E-state index in [0.717, 1.165) is 22.2 Å². The van der Waals surface area contributed by atoms with Crippen molar-refractivity contribution in [3.63, 3.8) is 0 Å². The van der Waals surface area contributed by atoms with Gasteiger partial charge in [-0.3, -0.25) is 4.98 Å². The Morgan fingerprint density at radius 1 is 1.40 bits per heavy atom. The van der Waals surface area contributed by atoms with Crippen LogP contribution in [0.25, 0.3) is 10.9 Å². The molecule has 0 saturated heterocycles. The van der Waals surface area contributed by atoms with Gasteiger partial charge in [-0.2, -0.15) is 0 Å². The second-order valence-corrected chi connectivity index (χ2v) is 3.55. The smallest absolute Gasteiger partial charge is 0.231 e. The number of anilines is 1. The van der Waals surface area contributed by atoms with Crippen LogP contribution in [0.4, 0.5) is 5.69 Å². The normalized spacial score (nSPS) is 13.4. The molecular formula is C11H10N2O2. The van der Waals surface area contributed by atoms with Crippen molar-refractivity contribution >= 4 is 16.6 Å². The van der Waals surface area contributed by atoms with Gasteiger partial charge < -0.3 is 15.2 Å². The summed E-state index contributed by atoms with van der Waals surface area (Å²) in [6.07, 6.45) is 1.75. The van der Waals surface area contributed by atoms with Gasteiger partial charge in [0.05, 0.1) is 16.6 Å². The van der Waals surface area contributed by atoms with E-state index >= 15 is 0 Å². The highest BCUT2D eigenvalue weighted by atomic mass is 16.7. The van der Waals surface area contributed by atoms with E-state index in [2.05, 4.69) is 4.98 Å². The lowest BCUT2D eigenvalue weighted by atomic mass is 10.1. The first-order chi connectivity index (χ1) is 7.27. The maximum absolute atomic E-state index is 5.90. The Morgan fingerprint density at radius 3 is 3.13 bits per heavy atom. The van der Waals surface area contributed by atoms with Crippen molar-refractivity contribution in [1.29, 1.82) is 0 Å². The third-order valence-electron chi connectivity index (χ3n) is 2.59. The predicted octanol–water partition coefficient (Wildman–Crippen LogP) is 1.85. The van der Waals surface area contributed by atoms with Crippen LogP contribution in [0.5, 0.6) is 11.5 Å². The number of pyridine rings is 1. The van der Waals surface area contributed by atoms with Gasteiger partial charge in [-0.1, -0.05) is 0 Å². The Balaban J connectivity index is 2.51. The van der Waals surface area contributed by atoms with Crippen LogP contribution in [-0.4, -0.2) is 11.8 Å². The van der Waals surface area contributed by atoms with Crippen LogP contribution in [0.2, 0.25) is 0 Å². The fraction of sp³-hybridized carbons (Fsp3) is 0.182. The summed E-state index contributed by atoms with van der Waals surface area (Å²) in [7, 11) is 0. The molecule has 0 unspecified atom stereocenters. The molecule has 0 aliphatic carbocycles. The number of benzene rings is 1. The molecule has 15 heavy (non-hydrogen) atoms. The molecule has 76 valence electrons. The van der Waals surface area contributed by atoms with E-state index in [4.69, 9.17) is 15.2 Å². The first-order valence-corrected chi connectivity index (χ1v) is 4.71. The molecule has 3 rings (SSSR count). The van der Waals surface area contributed by atoms with Gasteiger partial charge in [0.15, 0.2) is 11.5 Å². The van der Waals surface area contributed by atoms with Crippen molar-refractivity contribution < 1.29 is 9.47 Å². The Bertz CT molecular complexity index is 552. The first-order valence-electron chi connectivity index (χ1n) is 4.71. The number of hydrogen-bond acceptors (Lipinski definition) is 4. The van der Waals surface area contributed by atoms with Crippen molar-refractivity contribution in [2.24, 2.45) is 0 Å². The minimum absolute atomic E-state index is 0.252.